The molecule has 0 amide bonds. The number of hydrogen-bond donors (Lipinski definition) is 1. The lowest BCUT2D eigenvalue weighted by molar-refractivity contribution is 0.380. The van der Waals surface area contributed by atoms with E-state index in [1.807, 2.05) is 11.8 Å². The van der Waals surface area contributed by atoms with Crippen LogP contribution in [0.4, 0.5) is 5.13 Å². The van der Waals surface area contributed by atoms with Gasteiger partial charge in [-0.3, -0.25) is 0 Å². The van der Waals surface area contributed by atoms with Gasteiger partial charge in [-0.1, -0.05) is 6.42 Å². The Balaban J connectivity index is 1.84. The van der Waals surface area contributed by atoms with E-state index in [1.54, 1.807) is 6.33 Å². The molecule has 2 rings (SSSR count). The molecular formula is C8H13N3S2. The molecule has 1 aromatic rings. The van der Waals surface area contributed by atoms with Gasteiger partial charge in [-0.2, -0.15) is 16.1 Å². The Hall–Kier alpha value is -0.290. The molecule has 13 heavy (non-hydrogen) atoms. The highest BCUT2D eigenvalue weighted by molar-refractivity contribution is 8.00. The lowest BCUT2D eigenvalue weighted by atomic mass is 9.84. The van der Waals surface area contributed by atoms with Crippen LogP contribution in [0.15, 0.2) is 6.33 Å². The van der Waals surface area contributed by atoms with E-state index in [0.717, 1.165) is 11.7 Å². The smallest absolute Gasteiger partial charge is 0.202 e. The molecule has 1 fully saturated rings. The molecule has 1 aliphatic carbocycles. The van der Waals surface area contributed by atoms with E-state index < -0.39 is 0 Å². The first-order valence-electron chi connectivity index (χ1n) is 4.40. The van der Waals surface area contributed by atoms with Gasteiger partial charge >= 0.3 is 0 Å². The molecule has 0 aromatic carbocycles. The van der Waals surface area contributed by atoms with E-state index in [0.29, 0.717) is 4.75 Å². The minimum atomic E-state index is 0.478. The molecule has 1 aliphatic rings. The molecule has 1 saturated carbocycles. The van der Waals surface area contributed by atoms with E-state index in [4.69, 9.17) is 0 Å². The van der Waals surface area contributed by atoms with Crippen LogP contribution < -0.4 is 5.32 Å². The minimum absolute atomic E-state index is 0.478. The third-order valence-corrected chi connectivity index (χ3v) is 4.66. The summed E-state index contributed by atoms with van der Waals surface area (Å²) in [5.74, 6) is 0. The molecule has 1 heterocycles. The lowest BCUT2D eigenvalue weighted by Gasteiger charge is -2.40. The average Bonchev–Trinajstić information content (AvgIpc) is 2.56. The van der Waals surface area contributed by atoms with Crippen molar-refractivity contribution in [3.63, 3.8) is 0 Å². The highest BCUT2D eigenvalue weighted by Gasteiger charge is 2.35. The molecule has 0 bridgehead atoms. The predicted molar refractivity (Wildman–Crippen MR) is 58.5 cm³/mol. The Labute approximate surface area is 86.5 Å². The van der Waals surface area contributed by atoms with Crippen molar-refractivity contribution >= 4 is 28.4 Å². The average molecular weight is 215 g/mol. The van der Waals surface area contributed by atoms with Crippen LogP contribution in [-0.2, 0) is 0 Å². The van der Waals surface area contributed by atoms with Crippen LogP contribution in [0, 0.1) is 0 Å². The fourth-order valence-corrected chi connectivity index (χ4v) is 2.85. The Bertz CT molecular complexity index is 251. The molecule has 0 spiro atoms. The molecule has 0 aliphatic heterocycles. The molecule has 5 heteroatoms. The van der Waals surface area contributed by atoms with Crippen molar-refractivity contribution in [3.05, 3.63) is 6.33 Å². The number of rotatable bonds is 4. The third kappa shape index (κ3) is 1.96. The van der Waals surface area contributed by atoms with Gasteiger partial charge in [0.2, 0.25) is 5.13 Å². The van der Waals surface area contributed by atoms with Gasteiger partial charge in [0, 0.05) is 22.8 Å². The largest absolute Gasteiger partial charge is 0.359 e. The second-order valence-electron chi connectivity index (χ2n) is 3.34. The van der Waals surface area contributed by atoms with Crippen LogP contribution in [0.3, 0.4) is 0 Å². The van der Waals surface area contributed by atoms with Gasteiger partial charge < -0.3 is 5.32 Å². The van der Waals surface area contributed by atoms with Crippen molar-refractivity contribution < 1.29 is 0 Å². The van der Waals surface area contributed by atoms with Crippen LogP contribution in [0.5, 0.6) is 0 Å². The van der Waals surface area contributed by atoms with Crippen LogP contribution in [0.25, 0.3) is 0 Å². The summed E-state index contributed by atoms with van der Waals surface area (Å²) < 4.78 is 4.43. The van der Waals surface area contributed by atoms with E-state index in [1.165, 1.54) is 30.8 Å². The quantitative estimate of drug-likeness (QED) is 0.836. The normalized spacial score (nSPS) is 19.5. The molecule has 0 saturated heterocycles. The van der Waals surface area contributed by atoms with E-state index in [-0.39, 0.29) is 0 Å². The summed E-state index contributed by atoms with van der Waals surface area (Å²) in [6, 6.07) is 0. The van der Waals surface area contributed by atoms with Crippen molar-refractivity contribution in [3.8, 4) is 0 Å². The van der Waals surface area contributed by atoms with Crippen LogP contribution in [-0.4, -0.2) is 26.9 Å². The lowest BCUT2D eigenvalue weighted by Crippen LogP contribution is -2.40. The first-order valence-corrected chi connectivity index (χ1v) is 6.40. The molecule has 72 valence electrons. The van der Waals surface area contributed by atoms with E-state index in [9.17, 15) is 0 Å². The number of aromatic nitrogens is 2. The zero-order valence-corrected chi connectivity index (χ0v) is 9.25. The summed E-state index contributed by atoms with van der Waals surface area (Å²) in [6.07, 6.45) is 7.83. The van der Waals surface area contributed by atoms with E-state index in [2.05, 4.69) is 20.9 Å². The van der Waals surface area contributed by atoms with E-state index >= 15 is 0 Å². The fourth-order valence-electron chi connectivity index (χ4n) is 1.51. The number of thioether (sulfide) groups is 1. The van der Waals surface area contributed by atoms with Gasteiger partial charge in [-0.15, -0.1) is 0 Å². The zero-order valence-electron chi connectivity index (χ0n) is 7.62. The standard InChI is InChI=1S/C8H13N3S2/c1-12-8(3-2-4-8)5-9-7-10-6-11-13-7/h6H,2-5H2,1H3,(H,9,10,11). The number of nitrogens with one attached hydrogen (secondary N) is 1. The van der Waals surface area contributed by atoms with Gasteiger partial charge in [-0.25, -0.2) is 4.98 Å². The number of hydrogen-bond acceptors (Lipinski definition) is 5. The second kappa shape index (κ2) is 3.84. The van der Waals surface area contributed by atoms with Crippen LogP contribution in [0.2, 0.25) is 0 Å². The first-order chi connectivity index (χ1) is 6.35. The molecular weight excluding hydrogens is 202 g/mol. The van der Waals surface area contributed by atoms with Gasteiger partial charge in [0.1, 0.15) is 6.33 Å². The summed E-state index contributed by atoms with van der Waals surface area (Å²) in [7, 11) is 0. The van der Waals surface area contributed by atoms with Crippen molar-refractivity contribution in [1.29, 1.82) is 0 Å². The predicted octanol–water partition coefficient (Wildman–Crippen LogP) is 2.24. The van der Waals surface area contributed by atoms with Crippen molar-refractivity contribution in [2.45, 2.75) is 24.0 Å². The van der Waals surface area contributed by atoms with Gasteiger partial charge in [0.05, 0.1) is 0 Å². The summed E-state index contributed by atoms with van der Waals surface area (Å²) in [5, 5.41) is 4.29. The number of anilines is 1. The Morgan fingerprint density at radius 2 is 2.54 bits per heavy atom. The SMILES string of the molecule is CSC1(CNc2ncns2)CCC1. The summed E-state index contributed by atoms with van der Waals surface area (Å²) in [6.45, 7) is 1.03. The Morgan fingerprint density at radius 3 is 3.00 bits per heavy atom. The highest BCUT2D eigenvalue weighted by atomic mass is 32.2. The monoisotopic (exact) mass is 215 g/mol. The summed E-state index contributed by atoms with van der Waals surface area (Å²) in [4.78, 5) is 4.10. The second-order valence-corrected chi connectivity index (χ2v) is 5.40. The highest BCUT2D eigenvalue weighted by Crippen LogP contribution is 2.42. The molecule has 1 aromatic heterocycles. The maximum absolute atomic E-state index is 4.10. The summed E-state index contributed by atoms with van der Waals surface area (Å²) in [5.41, 5.74) is 0. The van der Waals surface area contributed by atoms with Crippen LogP contribution >= 0.6 is 23.3 Å². The van der Waals surface area contributed by atoms with Crippen molar-refractivity contribution in [2.75, 3.05) is 18.1 Å². The van der Waals surface area contributed by atoms with Gasteiger partial charge in [0.15, 0.2) is 0 Å². The fraction of sp³-hybridized carbons (Fsp3) is 0.750. The Kier molecular flexibility index (Phi) is 2.74. The first kappa shape index (κ1) is 9.27. The number of nitrogens with zero attached hydrogens (tertiary/aromatic N) is 2. The van der Waals surface area contributed by atoms with Crippen LogP contribution in [0.1, 0.15) is 19.3 Å². The maximum Gasteiger partial charge on any atom is 0.202 e. The Morgan fingerprint density at radius 1 is 1.69 bits per heavy atom. The van der Waals surface area contributed by atoms with Crippen molar-refractivity contribution in [1.82, 2.24) is 9.36 Å². The van der Waals surface area contributed by atoms with Gasteiger partial charge in [0.25, 0.3) is 0 Å². The molecule has 1 N–H and O–H groups in total. The van der Waals surface area contributed by atoms with Crippen molar-refractivity contribution in [2.24, 2.45) is 0 Å². The topological polar surface area (TPSA) is 37.8 Å². The third-order valence-electron chi connectivity index (χ3n) is 2.62. The molecule has 0 atom stereocenters. The molecule has 0 unspecified atom stereocenters. The minimum Gasteiger partial charge on any atom is -0.359 e. The zero-order chi connectivity index (χ0) is 9.15. The maximum atomic E-state index is 4.10. The molecule has 3 nitrogen and oxygen atoms in total. The summed E-state index contributed by atoms with van der Waals surface area (Å²) >= 11 is 3.40. The molecule has 0 radical (unpaired) electrons. The van der Waals surface area contributed by atoms with Gasteiger partial charge in [-0.05, 0) is 19.1 Å².